The van der Waals surface area contributed by atoms with E-state index in [-0.39, 0.29) is 17.5 Å². The Morgan fingerprint density at radius 1 is 1.00 bits per heavy atom. The second kappa shape index (κ2) is 10.9. The van der Waals surface area contributed by atoms with Crippen molar-refractivity contribution in [2.75, 3.05) is 11.3 Å². The minimum Gasteiger partial charge on any atom is -0.491 e. The summed E-state index contributed by atoms with van der Waals surface area (Å²) in [5.41, 5.74) is 1.68. The minimum absolute atomic E-state index is 0.124. The number of hydrogen-bond acceptors (Lipinski definition) is 4. The summed E-state index contributed by atoms with van der Waals surface area (Å²) in [6, 6.07) is 24.3. The van der Waals surface area contributed by atoms with Gasteiger partial charge in [0.25, 0.3) is 10.0 Å². The lowest BCUT2D eigenvalue weighted by atomic mass is 10.0. The van der Waals surface area contributed by atoms with Gasteiger partial charge in [-0.05, 0) is 76.7 Å². The molecular weight excluding hydrogens is 551 g/mol. The molecule has 1 heterocycles. The van der Waals surface area contributed by atoms with Gasteiger partial charge in [-0.3, -0.25) is 4.72 Å². The fourth-order valence-electron chi connectivity index (χ4n) is 4.10. The summed E-state index contributed by atoms with van der Waals surface area (Å²) in [6.07, 6.45) is 2.31. The molecule has 3 atom stereocenters. The van der Waals surface area contributed by atoms with Crippen LogP contribution in [-0.2, 0) is 16.4 Å². The van der Waals surface area contributed by atoms with E-state index >= 15 is 0 Å². The molecule has 8 heteroatoms. The van der Waals surface area contributed by atoms with Crippen molar-refractivity contribution in [3.63, 3.8) is 0 Å². The largest absolute Gasteiger partial charge is 0.491 e. The van der Waals surface area contributed by atoms with Crippen LogP contribution in [0, 0.1) is 3.57 Å². The van der Waals surface area contributed by atoms with Gasteiger partial charge in [0.05, 0.1) is 10.9 Å². The number of hydrogen-bond donors (Lipinski definition) is 3. The summed E-state index contributed by atoms with van der Waals surface area (Å²) < 4.78 is 34.5. The van der Waals surface area contributed by atoms with Gasteiger partial charge in [0.1, 0.15) is 24.5 Å². The van der Waals surface area contributed by atoms with E-state index in [9.17, 15) is 13.5 Å². The number of sulfonamides is 1. The summed E-state index contributed by atoms with van der Waals surface area (Å²) in [6.45, 7) is 0.285. The van der Waals surface area contributed by atoms with Crippen LogP contribution in [0.15, 0.2) is 83.8 Å². The van der Waals surface area contributed by atoms with Gasteiger partial charge in [-0.1, -0.05) is 30.3 Å². The van der Waals surface area contributed by atoms with Gasteiger partial charge in [-0.25, -0.2) is 8.42 Å². The topological polar surface area (TPSA) is 92.2 Å². The summed E-state index contributed by atoms with van der Waals surface area (Å²) in [7, 11) is -3.61. The highest BCUT2D eigenvalue weighted by Crippen LogP contribution is 2.20. The molecule has 0 saturated carbocycles. The van der Waals surface area contributed by atoms with E-state index in [0.717, 1.165) is 34.1 Å². The summed E-state index contributed by atoms with van der Waals surface area (Å²) in [5, 5.41) is 12.8. The van der Waals surface area contributed by atoms with Crippen molar-refractivity contribution in [2.24, 2.45) is 0 Å². The molecule has 4 rings (SSSR count). The minimum atomic E-state index is -3.61. The smallest absolute Gasteiger partial charge is 0.261 e. The maximum Gasteiger partial charge on any atom is 0.261 e. The van der Waals surface area contributed by atoms with Crippen LogP contribution in [0.3, 0.4) is 0 Å². The molecule has 1 saturated heterocycles. The average molecular weight is 579 g/mol. The van der Waals surface area contributed by atoms with Crippen molar-refractivity contribution in [1.82, 2.24) is 0 Å². The van der Waals surface area contributed by atoms with Gasteiger partial charge < -0.3 is 15.2 Å². The molecule has 0 aromatic heterocycles. The third-order valence-electron chi connectivity index (χ3n) is 5.88. The van der Waals surface area contributed by atoms with Crippen molar-refractivity contribution in [1.29, 1.82) is 0 Å². The van der Waals surface area contributed by atoms with Crippen molar-refractivity contribution in [2.45, 2.75) is 42.3 Å². The zero-order valence-electron chi connectivity index (χ0n) is 18.1. The lowest BCUT2D eigenvalue weighted by Gasteiger charge is -2.18. The van der Waals surface area contributed by atoms with E-state index in [1.165, 1.54) is 0 Å². The molecule has 1 aliphatic heterocycles. The van der Waals surface area contributed by atoms with Gasteiger partial charge in [-0.15, -0.1) is 0 Å². The standard InChI is InChI=1S/C25H27IN2O4S/c26-19-8-13-23(14-9-19)33(30,31)28-20-10-6-18(7-11-20)16-21-12-15-24(27-21)25(29)17-32-22-4-2-1-3-5-22/h1-11,13-14,21,24-25,27-29H,12,15-17H2/p+1/t21-,24+,25+/m0/s1. The predicted molar refractivity (Wildman–Crippen MR) is 137 cm³/mol. The third kappa shape index (κ3) is 6.69. The van der Waals surface area contributed by atoms with Gasteiger partial charge >= 0.3 is 0 Å². The fraction of sp³-hybridized carbons (Fsp3) is 0.280. The molecule has 1 fully saturated rings. The molecular formula is C25H28IN2O4S+. The zero-order valence-corrected chi connectivity index (χ0v) is 21.1. The Morgan fingerprint density at radius 3 is 2.39 bits per heavy atom. The van der Waals surface area contributed by atoms with Crippen molar-refractivity contribution in [3.05, 3.63) is 88.0 Å². The second-order valence-electron chi connectivity index (χ2n) is 8.35. The first-order valence-electron chi connectivity index (χ1n) is 11.0. The van der Waals surface area contributed by atoms with E-state index < -0.39 is 16.1 Å². The Kier molecular flexibility index (Phi) is 7.90. The Hall–Kier alpha value is -2.14. The molecule has 33 heavy (non-hydrogen) atoms. The zero-order chi connectivity index (χ0) is 23.3. The molecule has 3 aromatic rings. The molecule has 3 aromatic carbocycles. The molecule has 0 bridgehead atoms. The highest BCUT2D eigenvalue weighted by atomic mass is 127. The Labute approximate surface area is 208 Å². The molecule has 0 radical (unpaired) electrons. The maximum atomic E-state index is 12.6. The lowest BCUT2D eigenvalue weighted by Crippen LogP contribution is -2.94. The van der Waals surface area contributed by atoms with Crippen molar-refractivity contribution < 1.29 is 23.6 Å². The number of aliphatic hydroxyl groups is 1. The summed E-state index contributed by atoms with van der Waals surface area (Å²) >= 11 is 2.14. The number of para-hydroxylation sites is 1. The van der Waals surface area contributed by atoms with Crippen LogP contribution < -0.4 is 14.8 Å². The quantitative estimate of drug-likeness (QED) is 0.340. The van der Waals surface area contributed by atoms with Gasteiger partial charge in [0.2, 0.25) is 0 Å². The molecule has 4 N–H and O–H groups in total. The Bertz CT molecular complexity index is 1140. The van der Waals surface area contributed by atoms with Crippen molar-refractivity contribution in [3.8, 4) is 5.75 Å². The SMILES string of the molecule is O=S(=O)(Nc1ccc(C[C@@H]2CC[C@H]([C@H](O)COc3ccccc3)[NH2+]2)cc1)c1ccc(I)cc1. The van der Waals surface area contributed by atoms with E-state index in [1.54, 1.807) is 36.4 Å². The highest BCUT2D eigenvalue weighted by Gasteiger charge is 2.33. The van der Waals surface area contributed by atoms with Gasteiger partial charge in [-0.2, -0.15) is 0 Å². The van der Waals surface area contributed by atoms with Crippen LogP contribution in [0.25, 0.3) is 0 Å². The second-order valence-corrected chi connectivity index (χ2v) is 11.3. The Balaban J connectivity index is 1.27. The molecule has 0 aliphatic carbocycles. The number of benzene rings is 3. The molecule has 0 unspecified atom stereocenters. The average Bonchev–Trinajstić information content (AvgIpc) is 3.28. The predicted octanol–water partition coefficient (Wildman–Crippen LogP) is 3.17. The third-order valence-corrected chi connectivity index (χ3v) is 7.99. The number of quaternary nitrogens is 1. The molecule has 0 spiro atoms. The molecule has 1 aliphatic rings. The summed E-state index contributed by atoms with van der Waals surface area (Å²) in [5.74, 6) is 0.767. The first kappa shape index (κ1) is 24.0. The number of halogens is 1. The number of nitrogens with two attached hydrogens (primary N) is 1. The monoisotopic (exact) mass is 579 g/mol. The van der Waals surface area contributed by atoms with E-state index in [1.807, 2.05) is 42.5 Å². The number of ether oxygens (including phenoxy) is 1. The van der Waals surface area contributed by atoms with E-state index in [0.29, 0.717) is 11.7 Å². The number of nitrogens with one attached hydrogen (secondary N) is 1. The fourth-order valence-corrected chi connectivity index (χ4v) is 5.52. The number of rotatable bonds is 9. The number of anilines is 1. The highest BCUT2D eigenvalue weighted by molar-refractivity contribution is 14.1. The van der Waals surface area contributed by atoms with Crippen LogP contribution >= 0.6 is 22.6 Å². The number of aliphatic hydroxyl groups excluding tert-OH is 1. The van der Waals surface area contributed by atoms with Crippen molar-refractivity contribution >= 4 is 38.3 Å². The van der Waals surface area contributed by atoms with E-state index in [4.69, 9.17) is 4.74 Å². The van der Waals surface area contributed by atoms with Crippen LogP contribution in [0.4, 0.5) is 5.69 Å². The normalized spacial score (nSPS) is 19.2. The van der Waals surface area contributed by atoms with E-state index in [2.05, 4.69) is 32.6 Å². The summed E-state index contributed by atoms with van der Waals surface area (Å²) in [4.78, 5) is 0.244. The Morgan fingerprint density at radius 2 is 1.70 bits per heavy atom. The van der Waals surface area contributed by atoms with Crippen LogP contribution in [0.1, 0.15) is 18.4 Å². The van der Waals surface area contributed by atoms with Gasteiger partial charge in [0, 0.05) is 28.5 Å². The molecule has 6 nitrogen and oxygen atoms in total. The first-order valence-corrected chi connectivity index (χ1v) is 13.5. The lowest BCUT2D eigenvalue weighted by molar-refractivity contribution is -0.707. The first-order chi connectivity index (χ1) is 15.9. The van der Waals surface area contributed by atoms with Crippen LogP contribution in [-0.4, -0.2) is 38.3 Å². The molecule has 174 valence electrons. The molecule has 0 amide bonds. The maximum absolute atomic E-state index is 12.6. The van der Waals surface area contributed by atoms with Crippen LogP contribution in [0.5, 0.6) is 5.75 Å². The van der Waals surface area contributed by atoms with Crippen LogP contribution in [0.2, 0.25) is 0 Å². The van der Waals surface area contributed by atoms with Gasteiger partial charge in [0.15, 0.2) is 0 Å².